The Morgan fingerprint density at radius 2 is 1.21 bits per heavy atom. The highest BCUT2D eigenvalue weighted by molar-refractivity contribution is 6.31. The average molecular weight is 844 g/mol. The van der Waals surface area contributed by atoms with Gasteiger partial charge < -0.3 is 35.2 Å². The van der Waals surface area contributed by atoms with Gasteiger partial charge in [0.05, 0.1) is 47.1 Å². The molecule has 2 aliphatic carbocycles. The van der Waals surface area contributed by atoms with E-state index in [4.69, 9.17) is 63.2 Å². The van der Waals surface area contributed by atoms with Crippen LogP contribution in [0.2, 0.25) is 10.0 Å². The van der Waals surface area contributed by atoms with Crippen molar-refractivity contribution >= 4 is 46.7 Å². The zero-order valence-corrected chi connectivity index (χ0v) is 35.0. The summed E-state index contributed by atoms with van der Waals surface area (Å²) in [7, 11) is 4.56. The SMILES string of the molecule is COC(=O)c1cc(N)c(OC[C@@]2(C(C)OC)CCCc3cc(Cl)ccc32)cc1F.COC(C)[C@]1(COc2cc(F)c(N)cc2C)CCCc2cc(Cl)ccc21.O=C=O. The van der Waals surface area contributed by atoms with Gasteiger partial charge in [-0.25, -0.2) is 13.6 Å². The number of aryl methyl sites for hydroxylation is 3. The summed E-state index contributed by atoms with van der Waals surface area (Å²) in [5, 5.41) is 1.43. The first kappa shape index (κ1) is 46.0. The molecule has 0 aromatic heterocycles. The van der Waals surface area contributed by atoms with Gasteiger partial charge in [-0.05, 0) is 124 Å². The quantitative estimate of drug-likeness (QED) is 0.111. The van der Waals surface area contributed by atoms with Crippen molar-refractivity contribution in [2.24, 2.45) is 0 Å². The minimum Gasteiger partial charge on any atom is -0.492 e. The molecule has 4 aromatic carbocycles. The first-order chi connectivity index (χ1) is 27.6. The van der Waals surface area contributed by atoms with Crippen LogP contribution in [0.3, 0.4) is 0 Å². The molecule has 58 heavy (non-hydrogen) atoms. The molecule has 4 aromatic rings. The zero-order chi connectivity index (χ0) is 42.8. The van der Waals surface area contributed by atoms with Gasteiger partial charge in [-0.15, -0.1) is 0 Å². The molecule has 0 saturated carbocycles. The Bertz CT molecular complexity index is 2110. The molecule has 312 valence electrons. The molecule has 0 spiro atoms. The van der Waals surface area contributed by atoms with Crippen molar-refractivity contribution in [3.8, 4) is 11.5 Å². The normalized spacial score (nSPS) is 19.0. The van der Waals surface area contributed by atoms with Gasteiger partial charge in [0.15, 0.2) is 0 Å². The zero-order valence-electron chi connectivity index (χ0n) is 33.5. The van der Waals surface area contributed by atoms with Crippen LogP contribution in [-0.4, -0.2) is 58.9 Å². The van der Waals surface area contributed by atoms with Gasteiger partial charge >= 0.3 is 12.1 Å². The predicted octanol–water partition coefficient (Wildman–Crippen LogP) is 9.01. The minimum atomic E-state index is -0.789. The lowest BCUT2D eigenvalue weighted by molar-refractivity contribution is -0.191. The van der Waals surface area contributed by atoms with Crippen LogP contribution in [0.1, 0.15) is 77.7 Å². The standard InChI is InChI=1S/C22H25ClFNO4.C21H25ClFNO2.CO2/c1-13(27-2)22(8-4-5-14-9-15(23)6-7-17(14)22)12-29-20-11-18(24)16(10-19(20)25)21(26)28-3;1-13-9-19(24)18(23)11-20(13)26-12-21(14(2)25-3)8-4-5-15-10-16(22)6-7-17(15)21;2-1-3/h6-7,9-11,13H,4-5,8,12,25H2,1-3H3;6-7,9-11,14H,4-5,8,12,24H2,1-3H3;/t13?,22-;14?,21-;/m11./s1. The van der Waals surface area contributed by atoms with E-state index < -0.39 is 23.0 Å². The van der Waals surface area contributed by atoms with Crippen molar-refractivity contribution in [1.82, 2.24) is 0 Å². The molecule has 10 nitrogen and oxygen atoms in total. The molecule has 6 rings (SSSR count). The lowest BCUT2D eigenvalue weighted by Gasteiger charge is -2.42. The molecule has 0 aliphatic heterocycles. The monoisotopic (exact) mass is 842 g/mol. The number of rotatable bonds is 11. The van der Waals surface area contributed by atoms with E-state index >= 15 is 0 Å². The van der Waals surface area contributed by atoms with E-state index in [0.717, 1.165) is 66.3 Å². The molecule has 2 unspecified atom stereocenters. The number of hydrogen-bond acceptors (Lipinski definition) is 10. The molecule has 0 bridgehead atoms. The Hall–Kier alpha value is -4.71. The molecule has 0 radical (unpaired) electrons. The smallest absolute Gasteiger partial charge is 0.373 e. The van der Waals surface area contributed by atoms with Crippen LogP contribution < -0.4 is 20.9 Å². The number of ether oxygens (including phenoxy) is 5. The fourth-order valence-electron chi connectivity index (χ4n) is 8.02. The summed E-state index contributed by atoms with van der Waals surface area (Å²) in [6.07, 6.45) is 5.73. The van der Waals surface area contributed by atoms with Gasteiger partial charge in [0, 0.05) is 36.4 Å². The highest BCUT2D eigenvalue weighted by Gasteiger charge is 2.44. The van der Waals surface area contributed by atoms with Crippen molar-refractivity contribution in [3.05, 3.63) is 116 Å². The number of methoxy groups -OCH3 is 3. The maximum atomic E-state index is 14.4. The highest BCUT2D eigenvalue weighted by Crippen LogP contribution is 2.44. The molecule has 0 fully saturated rings. The second kappa shape index (κ2) is 20.3. The molecule has 0 heterocycles. The number of carbonyl (C=O) groups is 1. The van der Waals surface area contributed by atoms with E-state index in [-0.39, 0.29) is 53.1 Å². The van der Waals surface area contributed by atoms with Crippen LogP contribution in [0.5, 0.6) is 11.5 Å². The third-order valence-corrected chi connectivity index (χ3v) is 11.8. The lowest BCUT2D eigenvalue weighted by atomic mass is 9.67. The Morgan fingerprint density at radius 1 is 0.741 bits per heavy atom. The van der Waals surface area contributed by atoms with Gasteiger partial charge in [0.25, 0.3) is 0 Å². The number of benzene rings is 4. The van der Waals surface area contributed by atoms with E-state index in [1.807, 2.05) is 44.2 Å². The molecule has 4 N–H and O–H groups in total. The number of anilines is 2. The number of hydrogen-bond donors (Lipinski definition) is 2. The predicted molar refractivity (Wildman–Crippen MR) is 219 cm³/mol. The summed E-state index contributed by atoms with van der Waals surface area (Å²) in [6.45, 7) is 6.58. The number of nitrogen functional groups attached to an aromatic ring is 2. The third-order valence-electron chi connectivity index (χ3n) is 11.4. The highest BCUT2D eigenvalue weighted by atomic mass is 35.5. The van der Waals surface area contributed by atoms with Crippen LogP contribution in [0.4, 0.5) is 20.2 Å². The third kappa shape index (κ3) is 10.1. The first-order valence-corrected chi connectivity index (χ1v) is 19.5. The van der Waals surface area contributed by atoms with Crippen LogP contribution in [0, 0.1) is 18.6 Å². The van der Waals surface area contributed by atoms with Crippen LogP contribution >= 0.6 is 23.2 Å². The minimum absolute atomic E-state index is 0.0540. The van der Waals surface area contributed by atoms with E-state index in [1.54, 1.807) is 20.3 Å². The Balaban J connectivity index is 0.000000242. The van der Waals surface area contributed by atoms with Gasteiger partial charge in [-0.2, -0.15) is 9.59 Å². The topological polar surface area (TPSA) is 149 Å². The summed E-state index contributed by atoms with van der Waals surface area (Å²) in [6, 6.07) is 17.2. The number of esters is 1. The Kier molecular flexibility index (Phi) is 16.1. The van der Waals surface area contributed by atoms with E-state index in [1.165, 1.54) is 30.4 Å². The maximum Gasteiger partial charge on any atom is 0.373 e. The molecular weight excluding hydrogens is 793 g/mol. The Labute approximate surface area is 348 Å². The summed E-state index contributed by atoms with van der Waals surface area (Å²) in [5.41, 5.74) is 16.5. The van der Waals surface area contributed by atoms with Gasteiger partial charge in [0.2, 0.25) is 0 Å². The number of carbonyl (C=O) groups excluding carboxylic acids is 3. The summed E-state index contributed by atoms with van der Waals surface area (Å²) < 4.78 is 56.4. The Morgan fingerprint density at radius 3 is 1.67 bits per heavy atom. The van der Waals surface area contributed by atoms with E-state index in [2.05, 4.69) is 17.7 Å². The van der Waals surface area contributed by atoms with Gasteiger partial charge in [-0.1, -0.05) is 35.3 Å². The van der Waals surface area contributed by atoms with E-state index in [9.17, 15) is 13.6 Å². The molecule has 14 heteroatoms. The van der Waals surface area contributed by atoms with Crippen LogP contribution in [0.25, 0.3) is 0 Å². The molecule has 2 aliphatic rings. The summed E-state index contributed by atoms with van der Waals surface area (Å²) in [4.78, 5) is 27.9. The van der Waals surface area contributed by atoms with Crippen molar-refractivity contribution in [2.75, 3.05) is 46.0 Å². The summed E-state index contributed by atoms with van der Waals surface area (Å²) in [5.74, 6) is -1.30. The van der Waals surface area contributed by atoms with Crippen LogP contribution in [-0.2, 0) is 47.5 Å². The average Bonchev–Trinajstić information content (AvgIpc) is 3.21. The second-order valence-electron chi connectivity index (χ2n) is 14.5. The largest absolute Gasteiger partial charge is 0.492 e. The van der Waals surface area contributed by atoms with Gasteiger partial charge in [-0.3, -0.25) is 0 Å². The van der Waals surface area contributed by atoms with E-state index in [0.29, 0.717) is 17.4 Å². The first-order valence-electron chi connectivity index (χ1n) is 18.7. The lowest BCUT2D eigenvalue weighted by Crippen LogP contribution is -2.46. The van der Waals surface area contributed by atoms with Crippen LogP contribution in [0.15, 0.2) is 60.7 Å². The maximum absolute atomic E-state index is 14.4. The van der Waals surface area contributed by atoms with Crippen molar-refractivity contribution in [1.29, 1.82) is 0 Å². The summed E-state index contributed by atoms with van der Waals surface area (Å²) >= 11 is 12.4. The number of nitrogens with two attached hydrogens (primary N) is 2. The van der Waals surface area contributed by atoms with Crippen molar-refractivity contribution < 1.29 is 46.8 Å². The fraction of sp³-hybridized carbons (Fsp3) is 0.409. The van der Waals surface area contributed by atoms with Gasteiger partial charge in [0.1, 0.15) is 36.3 Å². The second-order valence-corrected chi connectivity index (χ2v) is 15.4. The van der Waals surface area contributed by atoms with Crippen molar-refractivity contribution in [3.63, 3.8) is 0 Å². The molecular formula is C44H50Cl2F2N2O8. The fourth-order valence-corrected chi connectivity index (χ4v) is 8.40. The molecule has 0 amide bonds. The van der Waals surface area contributed by atoms with Crippen molar-refractivity contribution in [2.45, 2.75) is 82.3 Å². The molecule has 4 atom stereocenters. The molecule has 0 saturated heterocycles. The number of halogens is 4. The number of fused-ring (bicyclic) bond motifs is 2.